The lowest BCUT2D eigenvalue weighted by molar-refractivity contribution is -0.384. The molecule has 8 heteroatoms. The number of hydrogen-bond acceptors (Lipinski definition) is 6. The number of aliphatic carboxylic acids is 1. The van der Waals surface area contributed by atoms with Gasteiger partial charge in [0.05, 0.1) is 4.92 Å². The van der Waals surface area contributed by atoms with Gasteiger partial charge in [0.25, 0.3) is 5.69 Å². The summed E-state index contributed by atoms with van der Waals surface area (Å²) in [6.07, 6.45) is 16.9. The predicted octanol–water partition coefficient (Wildman–Crippen LogP) is 8.08. The van der Waals surface area contributed by atoms with Gasteiger partial charge in [-0.15, -0.1) is 0 Å². The Morgan fingerprint density at radius 3 is 1.88 bits per heavy atom. The monoisotopic (exact) mass is 510 g/mol. The molecule has 1 aliphatic heterocycles. The summed E-state index contributed by atoms with van der Waals surface area (Å²) in [5, 5.41) is 24.2. The van der Waals surface area contributed by atoms with Crippen molar-refractivity contribution in [1.29, 1.82) is 0 Å². The van der Waals surface area contributed by atoms with Gasteiger partial charge in [0.2, 0.25) is 0 Å². The van der Waals surface area contributed by atoms with E-state index < -0.39 is 16.1 Å². The third-order valence-corrected chi connectivity index (χ3v) is 7.97. The molecule has 2 N–H and O–H groups in total. The number of nitrogens with one attached hydrogen (secondary N) is 1. The van der Waals surface area contributed by atoms with Crippen LogP contribution in [0.2, 0.25) is 0 Å². The van der Waals surface area contributed by atoms with Crippen molar-refractivity contribution >= 4 is 38.8 Å². The first-order chi connectivity index (χ1) is 16.5. The molecular formula is C26H42N2O4S2. The van der Waals surface area contributed by atoms with Crippen LogP contribution in [0.3, 0.4) is 0 Å². The van der Waals surface area contributed by atoms with Crippen LogP contribution in [0.25, 0.3) is 5.57 Å². The molecule has 192 valence electrons. The van der Waals surface area contributed by atoms with Crippen molar-refractivity contribution in [2.45, 2.75) is 96.1 Å². The van der Waals surface area contributed by atoms with Crippen molar-refractivity contribution in [3.05, 3.63) is 45.4 Å². The summed E-state index contributed by atoms with van der Waals surface area (Å²) in [5.74, 6) is -0.899. The number of unbranched alkanes of at least 4 members (excludes halogenated alkanes) is 10. The smallest absolute Gasteiger partial charge is 0.322 e. The maximum Gasteiger partial charge on any atom is 0.322 e. The number of rotatable bonds is 17. The van der Waals surface area contributed by atoms with E-state index in [9.17, 15) is 14.9 Å². The molecule has 1 aromatic carbocycles. The molecule has 0 spiro atoms. The Morgan fingerprint density at radius 2 is 1.41 bits per heavy atom. The Kier molecular flexibility index (Phi) is 17.7. The minimum Gasteiger partial charge on any atom is -0.480 e. The molecule has 0 aromatic heterocycles. The molecule has 1 atom stereocenters. The lowest BCUT2D eigenvalue weighted by Gasteiger charge is -2.08. The van der Waals surface area contributed by atoms with Gasteiger partial charge in [-0.1, -0.05) is 99.6 Å². The molecule has 1 aliphatic rings. The van der Waals surface area contributed by atoms with Crippen LogP contribution in [0.1, 0.15) is 96.5 Å². The number of nitro benzene ring substituents is 1. The quantitative estimate of drug-likeness (QED) is 0.0946. The summed E-state index contributed by atoms with van der Waals surface area (Å²) in [5.41, 5.74) is 1.39. The van der Waals surface area contributed by atoms with Crippen LogP contribution in [-0.2, 0) is 4.79 Å². The standard InChI is InChI=1S/C16H35N.C10H7NO4S2/c1-3-5-7-9-11-13-15-17-16-14-12-10-8-6-4-2;12-10(13)9-8(5-16-17-9)6-1-3-7(4-2-6)11(14)15/h17H,3-16H2,1-2H3;1-5,9H,(H,12,13). The van der Waals surface area contributed by atoms with Crippen molar-refractivity contribution in [2.24, 2.45) is 0 Å². The summed E-state index contributed by atoms with van der Waals surface area (Å²) < 4.78 is 0. The van der Waals surface area contributed by atoms with Gasteiger partial charge in [-0.2, -0.15) is 0 Å². The average Bonchev–Trinajstić information content (AvgIpc) is 3.33. The molecule has 6 nitrogen and oxygen atoms in total. The Hall–Kier alpha value is -1.51. The van der Waals surface area contributed by atoms with Gasteiger partial charge in [0, 0.05) is 12.1 Å². The van der Waals surface area contributed by atoms with Crippen molar-refractivity contribution in [3.8, 4) is 0 Å². The Balaban J connectivity index is 0.000000340. The summed E-state index contributed by atoms with van der Waals surface area (Å²) in [4.78, 5) is 21.0. The molecule has 2 rings (SSSR count). The van der Waals surface area contributed by atoms with Gasteiger partial charge in [0.1, 0.15) is 5.25 Å². The van der Waals surface area contributed by atoms with Crippen LogP contribution >= 0.6 is 21.6 Å². The molecule has 0 aliphatic carbocycles. The number of non-ortho nitro benzene ring substituents is 1. The number of nitro groups is 1. The van der Waals surface area contributed by atoms with Crippen molar-refractivity contribution in [2.75, 3.05) is 13.1 Å². The number of carboxylic acid groups (broad SMARTS) is 1. The topological polar surface area (TPSA) is 92.5 Å². The Bertz CT molecular complexity index is 712. The molecular weight excluding hydrogens is 468 g/mol. The highest BCUT2D eigenvalue weighted by Crippen LogP contribution is 2.45. The minimum atomic E-state index is -0.899. The number of carbonyl (C=O) groups is 1. The largest absolute Gasteiger partial charge is 0.480 e. The molecule has 0 saturated heterocycles. The fourth-order valence-electron chi connectivity index (χ4n) is 3.60. The van der Waals surface area contributed by atoms with E-state index in [4.69, 9.17) is 5.11 Å². The summed E-state index contributed by atoms with van der Waals surface area (Å²) in [7, 11) is 2.62. The minimum absolute atomic E-state index is 0.000437. The molecule has 0 bridgehead atoms. The third-order valence-electron chi connectivity index (χ3n) is 5.66. The van der Waals surface area contributed by atoms with Gasteiger partial charge in [0.15, 0.2) is 0 Å². The number of hydrogen-bond donors (Lipinski definition) is 2. The summed E-state index contributed by atoms with van der Waals surface area (Å²) in [6.45, 7) is 7.03. The Morgan fingerprint density at radius 1 is 0.912 bits per heavy atom. The van der Waals surface area contributed by atoms with Crippen LogP contribution in [0, 0.1) is 10.1 Å². The predicted molar refractivity (Wildman–Crippen MR) is 147 cm³/mol. The van der Waals surface area contributed by atoms with Gasteiger partial charge < -0.3 is 10.4 Å². The van der Waals surface area contributed by atoms with Crippen LogP contribution in [0.15, 0.2) is 29.7 Å². The van der Waals surface area contributed by atoms with Gasteiger partial charge in [-0.3, -0.25) is 14.9 Å². The lowest BCUT2D eigenvalue weighted by Crippen LogP contribution is -2.16. The van der Waals surface area contributed by atoms with E-state index >= 15 is 0 Å². The molecule has 0 saturated carbocycles. The highest BCUT2D eigenvalue weighted by molar-refractivity contribution is 8.78. The van der Waals surface area contributed by atoms with E-state index in [0.717, 1.165) is 0 Å². The van der Waals surface area contributed by atoms with Crippen molar-refractivity contribution in [3.63, 3.8) is 0 Å². The Labute approximate surface area is 213 Å². The molecule has 0 amide bonds. The summed E-state index contributed by atoms with van der Waals surface area (Å²) in [6, 6.07) is 5.91. The molecule has 1 unspecified atom stereocenters. The van der Waals surface area contributed by atoms with Crippen LogP contribution in [-0.4, -0.2) is 34.3 Å². The maximum atomic E-state index is 11.0. The number of carboxylic acids is 1. The first-order valence-corrected chi connectivity index (χ1v) is 15.0. The molecule has 0 fully saturated rings. The third kappa shape index (κ3) is 13.4. The first kappa shape index (κ1) is 30.5. The molecule has 1 aromatic rings. The normalized spacial score (nSPS) is 14.9. The van der Waals surface area contributed by atoms with Gasteiger partial charge in [-0.25, -0.2) is 0 Å². The zero-order chi connectivity index (χ0) is 25.0. The second kappa shape index (κ2) is 19.8. The van der Waals surface area contributed by atoms with Gasteiger partial charge in [-0.05, 0) is 54.6 Å². The van der Waals surface area contributed by atoms with E-state index in [-0.39, 0.29) is 5.69 Å². The summed E-state index contributed by atoms with van der Waals surface area (Å²) >= 11 is 0. The first-order valence-electron chi connectivity index (χ1n) is 12.7. The second-order valence-corrected chi connectivity index (χ2v) is 10.8. The highest BCUT2D eigenvalue weighted by atomic mass is 33.1. The zero-order valence-corrected chi connectivity index (χ0v) is 22.4. The number of benzene rings is 1. The molecule has 1 heterocycles. The van der Waals surface area contributed by atoms with Crippen LogP contribution < -0.4 is 5.32 Å². The van der Waals surface area contributed by atoms with Crippen LogP contribution in [0.4, 0.5) is 5.69 Å². The van der Waals surface area contributed by atoms with E-state index in [1.54, 1.807) is 17.5 Å². The van der Waals surface area contributed by atoms with Gasteiger partial charge >= 0.3 is 5.97 Å². The fraction of sp³-hybridized carbons (Fsp3) is 0.654. The zero-order valence-electron chi connectivity index (χ0n) is 20.8. The lowest BCUT2D eigenvalue weighted by atomic mass is 10.0. The SMILES string of the molecule is CCCCCCCCNCCCCCCCC.O=C(O)C1SSC=C1c1ccc([N+](=O)[O-])cc1. The van der Waals surface area contributed by atoms with E-state index in [1.807, 2.05) is 0 Å². The average molecular weight is 511 g/mol. The number of nitrogens with zero attached hydrogens (tertiary/aromatic N) is 1. The second-order valence-electron chi connectivity index (χ2n) is 8.57. The van der Waals surface area contributed by atoms with Crippen LogP contribution in [0.5, 0.6) is 0 Å². The van der Waals surface area contributed by atoms with Crippen molar-refractivity contribution < 1.29 is 14.8 Å². The maximum absolute atomic E-state index is 11.0. The van der Waals surface area contributed by atoms with Crippen molar-refractivity contribution in [1.82, 2.24) is 5.32 Å². The van der Waals surface area contributed by atoms with E-state index in [2.05, 4.69) is 19.2 Å². The highest BCUT2D eigenvalue weighted by Gasteiger charge is 2.28. The fourth-order valence-corrected chi connectivity index (χ4v) is 5.99. The molecule has 0 radical (unpaired) electrons. The van der Waals surface area contributed by atoms with E-state index in [1.165, 1.54) is 124 Å². The van der Waals surface area contributed by atoms with E-state index in [0.29, 0.717) is 11.1 Å². The molecule has 34 heavy (non-hydrogen) atoms.